The molecule has 0 spiro atoms. The second-order valence-electron chi connectivity index (χ2n) is 5.58. The predicted octanol–water partition coefficient (Wildman–Crippen LogP) is 2.05. The third-order valence-electron chi connectivity index (χ3n) is 4.09. The Hall–Kier alpha value is -0.280. The maximum atomic E-state index is 12.2. The number of rotatable bonds is 2. The molecule has 0 saturated carbocycles. The lowest BCUT2D eigenvalue weighted by atomic mass is 9.95. The van der Waals surface area contributed by atoms with Crippen molar-refractivity contribution in [2.75, 3.05) is 19.6 Å². The maximum Gasteiger partial charge on any atom is 0.239 e. The minimum atomic E-state index is 0. The summed E-state index contributed by atoms with van der Waals surface area (Å²) in [6, 6.07) is 0.111. The van der Waals surface area contributed by atoms with Crippen molar-refractivity contribution in [2.45, 2.75) is 45.6 Å². The Morgan fingerprint density at radius 1 is 1.29 bits per heavy atom. The van der Waals surface area contributed by atoms with Gasteiger partial charge in [-0.3, -0.25) is 4.79 Å². The summed E-state index contributed by atoms with van der Waals surface area (Å²) in [5.74, 6) is 1.77. The van der Waals surface area contributed by atoms with Gasteiger partial charge in [0.2, 0.25) is 5.91 Å². The number of hydrogen-bond donors (Lipinski definition) is 1. The van der Waals surface area contributed by atoms with Crippen molar-refractivity contribution in [1.82, 2.24) is 10.2 Å². The van der Waals surface area contributed by atoms with Gasteiger partial charge in [0.25, 0.3) is 0 Å². The van der Waals surface area contributed by atoms with Crippen LogP contribution >= 0.6 is 12.4 Å². The molecule has 1 amide bonds. The van der Waals surface area contributed by atoms with Crippen molar-refractivity contribution in [3.05, 3.63) is 0 Å². The van der Waals surface area contributed by atoms with Crippen LogP contribution in [0, 0.1) is 11.8 Å². The van der Waals surface area contributed by atoms with Gasteiger partial charge >= 0.3 is 0 Å². The standard InChI is InChI=1S/C13H24N2O.ClH/c1-10(2)11-6-8-15(9-11)13(16)12-5-3-4-7-14-12;/h10-12,14H,3-9H2,1-2H3;1H. The van der Waals surface area contributed by atoms with Crippen LogP contribution in [0.25, 0.3) is 0 Å². The van der Waals surface area contributed by atoms with Gasteiger partial charge in [0, 0.05) is 13.1 Å². The number of piperidine rings is 1. The highest BCUT2D eigenvalue weighted by Gasteiger charge is 2.32. The maximum absolute atomic E-state index is 12.2. The molecule has 0 aromatic carbocycles. The largest absolute Gasteiger partial charge is 0.341 e. The Bertz CT molecular complexity index is 252. The van der Waals surface area contributed by atoms with Crippen LogP contribution in [-0.4, -0.2) is 36.5 Å². The molecule has 17 heavy (non-hydrogen) atoms. The quantitative estimate of drug-likeness (QED) is 0.824. The van der Waals surface area contributed by atoms with E-state index in [9.17, 15) is 4.79 Å². The smallest absolute Gasteiger partial charge is 0.239 e. The molecule has 3 nitrogen and oxygen atoms in total. The minimum absolute atomic E-state index is 0. The summed E-state index contributed by atoms with van der Waals surface area (Å²) in [5, 5.41) is 3.35. The van der Waals surface area contributed by atoms with Gasteiger partial charge in [0.05, 0.1) is 6.04 Å². The predicted molar refractivity (Wildman–Crippen MR) is 72.4 cm³/mol. The molecule has 0 aromatic heterocycles. The van der Waals surface area contributed by atoms with Gasteiger partial charge in [0.1, 0.15) is 0 Å². The first-order valence-corrected chi connectivity index (χ1v) is 6.70. The molecule has 2 fully saturated rings. The molecule has 0 bridgehead atoms. The van der Waals surface area contributed by atoms with Gasteiger partial charge in [-0.05, 0) is 37.6 Å². The number of hydrogen-bond acceptors (Lipinski definition) is 2. The molecular formula is C13H25ClN2O. The van der Waals surface area contributed by atoms with Crippen molar-refractivity contribution in [1.29, 1.82) is 0 Å². The van der Waals surface area contributed by atoms with Crippen LogP contribution in [0.4, 0.5) is 0 Å². The normalized spacial score (nSPS) is 29.2. The van der Waals surface area contributed by atoms with Crippen LogP contribution in [0.3, 0.4) is 0 Å². The number of nitrogens with zero attached hydrogens (tertiary/aromatic N) is 1. The molecule has 2 atom stereocenters. The fourth-order valence-corrected chi connectivity index (χ4v) is 2.81. The fourth-order valence-electron chi connectivity index (χ4n) is 2.81. The molecule has 0 radical (unpaired) electrons. The van der Waals surface area contributed by atoms with E-state index >= 15 is 0 Å². The zero-order chi connectivity index (χ0) is 11.5. The first kappa shape index (κ1) is 14.8. The average molecular weight is 261 g/mol. The summed E-state index contributed by atoms with van der Waals surface area (Å²) in [5.41, 5.74) is 0. The molecule has 0 aliphatic carbocycles. The van der Waals surface area contributed by atoms with E-state index in [1.807, 2.05) is 0 Å². The summed E-state index contributed by atoms with van der Waals surface area (Å²) in [6.45, 7) is 7.49. The van der Waals surface area contributed by atoms with Gasteiger partial charge in [-0.2, -0.15) is 0 Å². The first-order valence-electron chi connectivity index (χ1n) is 6.70. The van der Waals surface area contributed by atoms with E-state index in [1.165, 1.54) is 19.3 Å². The minimum Gasteiger partial charge on any atom is -0.341 e. The number of carbonyl (C=O) groups excluding carboxylic acids is 1. The molecule has 4 heteroatoms. The van der Waals surface area contributed by atoms with E-state index in [-0.39, 0.29) is 18.4 Å². The lowest BCUT2D eigenvalue weighted by Crippen LogP contribution is -2.47. The number of carbonyl (C=O) groups is 1. The third kappa shape index (κ3) is 3.59. The van der Waals surface area contributed by atoms with Crippen molar-refractivity contribution in [3.63, 3.8) is 0 Å². The zero-order valence-electron chi connectivity index (χ0n) is 10.9. The summed E-state index contributed by atoms with van der Waals surface area (Å²) in [4.78, 5) is 14.3. The van der Waals surface area contributed by atoms with Gasteiger partial charge < -0.3 is 10.2 Å². The summed E-state index contributed by atoms with van der Waals surface area (Å²) in [6.07, 6.45) is 4.64. The Kier molecular flexibility index (Phi) is 5.74. The summed E-state index contributed by atoms with van der Waals surface area (Å²) in [7, 11) is 0. The Labute approximate surface area is 111 Å². The van der Waals surface area contributed by atoms with Crippen LogP contribution in [0.1, 0.15) is 39.5 Å². The SMILES string of the molecule is CC(C)C1CCN(C(=O)C2CCCCN2)C1.Cl. The fraction of sp³-hybridized carbons (Fsp3) is 0.923. The molecule has 0 aromatic rings. The second kappa shape index (κ2) is 6.60. The number of amides is 1. The van der Waals surface area contributed by atoms with Gasteiger partial charge in [0.15, 0.2) is 0 Å². The monoisotopic (exact) mass is 260 g/mol. The topological polar surface area (TPSA) is 32.3 Å². The molecule has 1 N–H and O–H groups in total. The molecule has 100 valence electrons. The highest BCUT2D eigenvalue weighted by atomic mass is 35.5. The van der Waals surface area contributed by atoms with E-state index in [1.54, 1.807) is 0 Å². The van der Waals surface area contributed by atoms with E-state index in [0.29, 0.717) is 17.7 Å². The first-order chi connectivity index (χ1) is 7.68. The van der Waals surface area contributed by atoms with Crippen LogP contribution in [0.15, 0.2) is 0 Å². The summed E-state index contributed by atoms with van der Waals surface area (Å²) < 4.78 is 0. The molecular weight excluding hydrogens is 236 g/mol. The molecule has 2 unspecified atom stereocenters. The van der Waals surface area contributed by atoms with Crippen molar-refractivity contribution < 1.29 is 4.79 Å². The molecule has 2 aliphatic rings. The number of halogens is 1. The summed E-state index contributed by atoms with van der Waals surface area (Å²) >= 11 is 0. The zero-order valence-corrected chi connectivity index (χ0v) is 11.8. The molecule has 2 aliphatic heterocycles. The third-order valence-corrected chi connectivity index (χ3v) is 4.09. The Morgan fingerprint density at radius 3 is 2.59 bits per heavy atom. The van der Waals surface area contributed by atoms with E-state index in [2.05, 4.69) is 24.1 Å². The Balaban J connectivity index is 0.00000144. The molecule has 2 heterocycles. The van der Waals surface area contributed by atoms with E-state index in [4.69, 9.17) is 0 Å². The van der Waals surface area contributed by atoms with Crippen LogP contribution in [0.2, 0.25) is 0 Å². The van der Waals surface area contributed by atoms with E-state index in [0.717, 1.165) is 26.1 Å². The van der Waals surface area contributed by atoms with Crippen molar-refractivity contribution in [2.24, 2.45) is 11.8 Å². The average Bonchev–Trinajstić information content (AvgIpc) is 2.78. The molecule has 2 saturated heterocycles. The van der Waals surface area contributed by atoms with Crippen LogP contribution in [-0.2, 0) is 4.79 Å². The highest BCUT2D eigenvalue weighted by molar-refractivity contribution is 5.85. The van der Waals surface area contributed by atoms with Gasteiger partial charge in [-0.15, -0.1) is 12.4 Å². The van der Waals surface area contributed by atoms with Crippen molar-refractivity contribution >= 4 is 18.3 Å². The van der Waals surface area contributed by atoms with Gasteiger partial charge in [-0.25, -0.2) is 0 Å². The second-order valence-corrected chi connectivity index (χ2v) is 5.58. The number of likely N-dealkylation sites (tertiary alicyclic amines) is 1. The van der Waals surface area contributed by atoms with Crippen molar-refractivity contribution in [3.8, 4) is 0 Å². The number of nitrogens with one attached hydrogen (secondary N) is 1. The lowest BCUT2D eigenvalue weighted by molar-refractivity contribution is -0.133. The van der Waals surface area contributed by atoms with Crippen LogP contribution < -0.4 is 5.32 Å². The highest BCUT2D eigenvalue weighted by Crippen LogP contribution is 2.24. The van der Waals surface area contributed by atoms with E-state index < -0.39 is 0 Å². The van der Waals surface area contributed by atoms with Gasteiger partial charge in [-0.1, -0.05) is 20.3 Å². The Morgan fingerprint density at radius 2 is 2.06 bits per heavy atom. The van der Waals surface area contributed by atoms with Crippen LogP contribution in [0.5, 0.6) is 0 Å². The molecule has 2 rings (SSSR count). The lowest BCUT2D eigenvalue weighted by Gasteiger charge is -2.27.